The molecule has 398 valence electrons. The number of benzene rings is 12. The fourth-order valence-corrected chi connectivity index (χ4v) is 12.7. The van der Waals surface area contributed by atoms with Crippen molar-refractivity contribution >= 4 is 65.4 Å². The Balaban J connectivity index is 0.819. The van der Waals surface area contributed by atoms with E-state index in [2.05, 4.69) is 196 Å². The van der Waals surface area contributed by atoms with E-state index < -0.39 is 0 Å². The van der Waals surface area contributed by atoms with E-state index in [1.807, 2.05) is 84.9 Å². The molecular formula is C75H44N6O4. The molecule has 0 atom stereocenters. The van der Waals surface area contributed by atoms with E-state index in [1.54, 1.807) is 0 Å². The quantitative estimate of drug-likeness (QED) is 0.157. The van der Waals surface area contributed by atoms with Gasteiger partial charge in [-0.2, -0.15) is 9.97 Å². The van der Waals surface area contributed by atoms with Crippen LogP contribution in [0.15, 0.2) is 267 Å². The summed E-state index contributed by atoms with van der Waals surface area (Å²) in [5, 5.41) is 6.81. The van der Waals surface area contributed by atoms with Gasteiger partial charge in [0.1, 0.15) is 0 Å². The zero-order chi connectivity index (χ0) is 55.7. The molecule has 0 spiro atoms. The van der Waals surface area contributed by atoms with E-state index in [-0.39, 0.29) is 0 Å². The molecule has 2 aliphatic rings. The Morgan fingerprint density at radius 2 is 0.612 bits per heavy atom. The number of aromatic nitrogens is 6. The summed E-state index contributed by atoms with van der Waals surface area (Å²) in [6, 6.07) is 92.7. The molecule has 0 bridgehead atoms. The molecule has 0 N–H and O–H groups in total. The van der Waals surface area contributed by atoms with Crippen molar-refractivity contribution < 1.29 is 18.9 Å². The highest BCUT2D eigenvalue weighted by Crippen LogP contribution is 2.49. The summed E-state index contributed by atoms with van der Waals surface area (Å²) < 4.78 is 32.4. The van der Waals surface area contributed by atoms with E-state index in [0.29, 0.717) is 63.6 Å². The second-order valence-electron chi connectivity index (χ2n) is 21.6. The van der Waals surface area contributed by atoms with Gasteiger partial charge in [-0.1, -0.05) is 133 Å². The molecule has 0 saturated carbocycles. The minimum atomic E-state index is 0.440. The van der Waals surface area contributed by atoms with Gasteiger partial charge in [0.15, 0.2) is 57.6 Å². The third kappa shape index (κ3) is 7.49. The molecule has 10 nitrogen and oxygen atoms in total. The monoisotopic (exact) mass is 1090 g/mol. The molecule has 12 aromatic carbocycles. The standard InChI is InChI=1S/C75H44N6O4/c1-3-16-45(17-4-1)47-30-34-61-55(39-47)56-40-48(31-35-62(56)79(61)51-19-5-2-6-20-51)46-18-15-21-52(38-46)80-59-24-9-7-22-53(59)57-43-58-54-23-8-10-25-60(54)81(64(58)44-63(57)80)75-77-73(49-32-36-69-71(41-49)84-67-28-13-11-26-65(67)82-69)76-74(78-75)50-33-37-70-72(42-50)85-68-29-14-12-27-66(68)83-70/h1-44H. The lowest BCUT2D eigenvalue weighted by Crippen LogP contribution is -2.07. The van der Waals surface area contributed by atoms with Gasteiger partial charge in [-0.25, -0.2) is 4.98 Å². The number of nitrogens with zero attached hydrogens (tertiary/aromatic N) is 6. The van der Waals surface area contributed by atoms with Crippen LogP contribution in [-0.4, -0.2) is 28.7 Å². The van der Waals surface area contributed by atoms with Crippen LogP contribution in [0.1, 0.15) is 0 Å². The largest absolute Gasteiger partial charge is 0.450 e. The molecule has 0 amide bonds. The first kappa shape index (κ1) is 46.9. The van der Waals surface area contributed by atoms with Crippen molar-refractivity contribution in [1.82, 2.24) is 28.7 Å². The van der Waals surface area contributed by atoms with E-state index in [1.165, 1.54) is 21.9 Å². The maximum absolute atomic E-state index is 6.44. The number of fused-ring (bicyclic) bond motifs is 13. The highest BCUT2D eigenvalue weighted by Gasteiger charge is 2.26. The molecule has 2 aliphatic heterocycles. The van der Waals surface area contributed by atoms with Crippen molar-refractivity contribution in [3.05, 3.63) is 267 Å². The van der Waals surface area contributed by atoms with Crippen LogP contribution in [0.2, 0.25) is 0 Å². The molecule has 0 radical (unpaired) electrons. The Kier molecular flexibility index (Phi) is 10.2. The Morgan fingerprint density at radius 1 is 0.212 bits per heavy atom. The molecule has 0 fully saturated rings. The van der Waals surface area contributed by atoms with E-state index >= 15 is 0 Å². The van der Waals surface area contributed by atoms with Crippen molar-refractivity contribution in [3.8, 4) is 108 Å². The van der Waals surface area contributed by atoms with Crippen LogP contribution >= 0.6 is 0 Å². The first-order valence-electron chi connectivity index (χ1n) is 28.3. The van der Waals surface area contributed by atoms with E-state index in [4.69, 9.17) is 33.9 Å². The fourth-order valence-electron chi connectivity index (χ4n) is 12.7. The number of ether oxygens (including phenoxy) is 4. The van der Waals surface area contributed by atoms with Gasteiger partial charge in [-0.3, -0.25) is 4.57 Å². The summed E-state index contributed by atoms with van der Waals surface area (Å²) in [7, 11) is 0. The normalized spacial score (nSPS) is 12.4. The van der Waals surface area contributed by atoms with Crippen LogP contribution < -0.4 is 18.9 Å². The molecular weight excluding hydrogens is 1050 g/mol. The predicted molar refractivity (Wildman–Crippen MR) is 338 cm³/mol. The molecule has 85 heavy (non-hydrogen) atoms. The SMILES string of the molecule is c1ccc(-c2ccc3c(c2)c2cc(-c4cccc(-n5c6ccccc6c6cc7c8ccccc8n(-c8nc(-c9ccc%10c(c9)Oc9ccccc9O%10)nc(-c9ccc%10c(c9)Oc9ccccc9O%10)n8)c7cc65)c4)ccc2n3-c2ccccc2)cc1. The van der Waals surface area contributed by atoms with Gasteiger partial charge in [0.2, 0.25) is 5.95 Å². The van der Waals surface area contributed by atoms with Gasteiger partial charge in [0.05, 0.1) is 33.1 Å². The molecule has 0 saturated heterocycles. The lowest BCUT2D eigenvalue weighted by Gasteiger charge is -2.21. The Morgan fingerprint density at radius 3 is 1.20 bits per heavy atom. The average molecular weight is 1090 g/mol. The van der Waals surface area contributed by atoms with Crippen LogP contribution in [0, 0.1) is 0 Å². The van der Waals surface area contributed by atoms with Gasteiger partial charge >= 0.3 is 0 Å². The van der Waals surface area contributed by atoms with Crippen molar-refractivity contribution in [1.29, 1.82) is 0 Å². The summed E-state index contributed by atoms with van der Waals surface area (Å²) in [6.07, 6.45) is 0. The smallest absolute Gasteiger partial charge is 0.238 e. The molecule has 0 unspecified atom stereocenters. The zero-order valence-corrected chi connectivity index (χ0v) is 45.2. The number of hydrogen-bond donors (Lipinski definition) is 0. The molecule has 0 aliphatic carbocycles. The van der Waals surface area contributed by atoms with Crippen LogP contribution in [0.3, 0.4) is 0 Å². The number of para-hydroxylation sites is 7. The molecule has 6 heterocycles. The van der Waals surface area contributed by atoms with Crippen molar-refractivity contribution in [2.75, 3.05) is 0 Å². The summed E-state index contributed by atoms with van der Waals surface area (Å²) in [6.45, 7) is 0. The Bertz CT molecular complexity index is 5340. The summed E-state index contributed by atoms with van der Waals surface area (Å²) >= 11 is 0. The molecule has 18 rings (SSSR count). The van der Waals surface area contributed by atoms with Crippen LogP contribution in [0.25, 0.3) is 128 Å². The Labute approximate surface area is 485 Å². The maximum atomic E-state index is 6.44. The summed E-state index contributed by atoms with van der Waals surface area (Å²) in [5.41, 5.74) is 14.5. The summed E-state index contributed by atoms with van der Waals surface area (Å²) in [4.78, 5) is 16.0. The topological polar surface area (TPSA) is 90.4 Å². The van der Waals surface area contributed by atoms with Gasteiger partial charge in [0, 0.05) is 54.8 Å². The number of hydrogen-bond acceptors (Lipinski definition) is 7. The minimum Gasteiger partial charge on any atom is -0.450 e. The van der Waals surface area contributed by atoms with Crippen LogP contribution in [-0.2, 0) is 0 Å². The molecule has 10 heteroatoms. The fraction of sp³-hybridized carbons (Fsp3) is 0. The van der Waals surface area contributed by atoms with Crippen molar-refractivity contribution in [2.24, 2.45) is 0 Å². The van der Waals surface area contributed by atoms with Crippen LogP contribution in [0.4, 0.5) is 0 Å². The van der Waals surface area contributed by atoms with Crippen molar-refractivity contribution in [2.45, 2.75) is 0 Å². The van der Waals surface area contributed by atoms with Crippen LogP contribution in [0.5, 0.6) is 46.0 Å². The zero-order valence-electron chi connectivity index (χ0n) is 45.2. The van der Waals surface area contributed by atoms with E-state index in [9.17, 15) is 0 Å². The highest BCUT2D eigenvalue weighted by molar-refractivity contribution is 6.19. The second kappa shape index (κ2) is 18.4. The van der Waals surface area contributed by atoms with Gasteiger partial charge < -0.3 is 28.1 Å². The van der Waals surface area contributed by atoms with Crippen molar-refractivity contribution in [3.63, 3.8) is 0 Å². The second-order valence-corrected chi connectivity index (χ2v) is 21.6. The average Bonchev–Trinajstić information content (AvgIpc) is 1.82. The molecule has 16 aromatic rings. The number of rotatable bonds is 7. The third-order valence-electron chi connectivity index (χ3n) is 16.6. The highest BCUT2D eigenvalue weighted by atomic mass is 16.6. The summed E-state index contributed by atoms with van der Waals surface area (Å²) in [5.74, 6) is 6.22. The Hall–Kier alpha value is -11.8. The lowest BCUT2D eigenvalue weighted by molar-refractivity contribution is 0.359. The maximum Gasteiger partial charge on any atom is 0.238 e. The first-order chi connectivity index (χ1) is 42.1. The third-order valence-corrected chi connectivity index (χ3v) is 16.6. The van der Waals surface area contributed by atoms with Gasteiger partial charge in [0.25, 0.3) is 0 Å². The van der Waals surface area contributed by atoms with E-state index in [0.717, 1.165) is 88.3 Å². The lowest BCUT2D eigenvalue weighted by atomic mass is 10.00. The van der Waals surface area contributed by atoms with Gasteiger partial charge in [-0.15, -0.1) is 0 Å². The van der Waals surface area contributed by atoms with Gasteiger partial charge in [-0.05, 0) is 156 Å². The molecule has 4 aromatic heterocycles. The minimum absolute atomic E-state index is 0.440. The predicted octanol–water partition coefficient (Wildman–Crippen LogP) is 19.6. The first-order valence-corrected chi connectivity index (χ1v) is 28.3.